The van der Waals surface area contributed by atoms with Gasteiger partial charge in [-0.25, -0.2) is 5.43 Å². The molecule has 0 unspecified atom stereocenters. The van der Waals surface area contributed by atoms with Gasteiger partial charge in [-0.1, -0.05) is 23.7 Å². The highest BCUT2D eigenvalue weighted by atomic mass is 35.5. The number of phenolic OH excluding ortho intramolecular Hbond substituents is 1. The first-order chi connectivity index (χ1) is 15.8. The van der Waals surface area contributed by atoms with E-state index >= 15 is 0 Å². The number of nitro benzene ring substituents is 1. The molecule has 10 nitrogen and oxygen atoms in total. The number of hydrazone groups is 1. The highest BCUT2D eigenvalue weighted by molar-refractivity contribution is 6.31. The summed E-state index contributed by atoms with van der Waals surface area (Å²) in [7, 11) is 1.25. The first-order valence-electron chi connectivity index (χ1n) is 9.34. The number of carbonyl (C=O) groups excluding carboxylic acids is 2. The van der Waals surface area contributed by atoms with Crippen LogP contribution in [0.4, 0.5) is 11.4 Å². The van der Waals surface area contributed by atoms with E-state index < -0.39 is 16.7 Å². The monoisotopic (exact) mass is 468 g/mol. The van der Waals surface area contributed by atoms with Crippen molar-refractivity contribution in [1.82, 2.24) is 5.43 Å². The van der Waals surface area contributed by atoms with Crippen LogP contribution in [-0.4, -0.2) is 35.2 Å². The summed E-state index contributed by atoms with van der Waals surface area (Å²) in [5.74, 6) is -1.49. The summed E-state index contributed by atoms with van der Waals surface area (Å²) in [5, 5.41) is 28.0. The number of carbonyl (C=O) groups is 2. The minimum atomic E-state index is -0.652. The van der Waals surface area contributed by atoms with E-state index in [-0.39, 0.29) is 28.3 Å². The fraction of sp³-hybridized carbons (Fsp3) is 0.0455. The fourth-order valence-corrected chi connectivity index (χ4v) is 2.96. The van der Waals surface area contributed by atoms with Crippen LogP contribution in [0.5, 0.6) is 11.5 Å². The van der Waals surface area contributed by atoms with E-state index in [2.05, 4.69) is 15.8 Å². The number of non-ortho nitro benzene ring substituents is 1. The van der Waals surface area contributed by atoms with Crippen LogP contribution in [0.3, 0.4) is 0 Å². The molecule has 0 heterocycles. The topological polar surface area (TPSA) is 143 Å². The maximum absolute atomic E-state index is 12.4. The smallest absolute Gasteiger partial charge is 0.274 e. The Morgan fingerprint density at radius 1 is 1.09 bits per heavy atom. The molecule has 0 aliphatic rings. The largest absolute Gasteiger partial charge is 0.504 e. The molecule has 0 bridgehead atoms. The Labute approximate surface area is 192 Å². The molecule has 3 aromatic rings. The van der Waals surface area contributed by atoms with Gasteiger partial charge in [0.05, 0.1) is 24.3 Å². The molecule has 0 aliphatic carbocycles. The summed E-state index contributed by atoms with van der Waals surface area (Å²) in [5.41, 5.74) is 2.84. The van der Waals surface area contributed by atoms with Crippen molar-refractivity contribution in [3.63, 3.8) is 0 Å². The molecule has 168 valence electrons. The first kappa shape index (κ1) is 23.2. The average Bonchev–Trinajstić information content (AvgIpc) is 2.80. The van der Waals surface area contributed by atoms with Gasteiger partial charge in [0.2, 0.25) is 0 Å². The Bertz CT molecular complexity index is 1260. The highest BCUT2D eigenvalue weighted by Crippen LogP contribution is 2.33. The lowest BCUT2D eigenvalue weighted by atomic mass is 10.1. The third kappa shape index (κ3) is 5.83. The van der Waals surface area contributed by atoms with Gasteiger partial charge in [-0.15, -0.1) is 0 Å². The van der Waals surface area contributed by atoms with Gasteiger partial charge in [0.15, 0.2) is 11.5 Å². The van der Waals surface area contributed by atoms with Crippen molar-refractivity contribution in [1.29, 1.82) is 0 Å². The molecule has 3 aromatic carbocycles. The minimum absolute atomic E-state index is 0.0242. The van der Waals surface area contributed by atoms with Crippen molar-refractivity contribution in [2.24, 2.45) is 5.10 Å². The molecule has 0 saturated heterocycles. The average molecular weight is 469 g/mol. The second-order valence-electron chi connectivity index (χ2n) is 6.59. The lowest BCUT2D eigenvalue weighted by Gasteiger charge is -2.08. The Morgan fingerprint density at radius 3 is 2.45 bits per heavy atom. The second-order valence-corrected chi connectivity index (χ2v) is 7.02. The summed E-state index contributed by atoms with van der Waals surface area (Å²) >= 11 is 5.90. The van der Waals surface area contributed by atoms with Gasteiger partial charge in [-0.3, -0.25) is 19.7 Å². The number of methoxy groups -OCH3 is 1. The number of ether oxygens (including phenoxy) is 1. The van der Waals surface area contributed by atoms with E-state index in [9.17, 15) is 24.8 Å². The van der Waals surface area contributed by atoms with Crippen LogP contribution < -0.4 is 15.5 Å². The van der Waals surface area contributed by atoms with Crippen molar-refractivity contribution >= 4 is 41.0 Å². The number of nitro groups is 1. The number of amides is 2. The van der Waals surface area contributed by atoms with E-state index in [1.54, 1.807) is 30.3 Å². The molecule has 33 heavy (non-hydrogen) atoms. The molecule has 0 atom stereocenters. The Hall–Kier alpha value is -4.44. The molecular formula is C22H17ClN4O6. The number of rotatable bonds is 7. The Morgan fingerprint density at radius 2 is 1.79 bits per heavy atom. The van der Waals surface area contributed by atoms with Crippen LogP contribution in [0.2, 0.25) is 5.02 Å². The maximum atomic E-state index is 12.4. The number of halogens is 1. The van der Waals surface area contributed by atoms with E-state index in [4.69, 9.17) is 16.3 Å². The molecule has 0 aliphatic heterocycles. The molecule has 3 N–H and O–H groups in total. The molecule has 0 saturated carbocycles. The van der Waals surface area contributed by atoms with E-state index in [0.29, 0.717) is 16.3 Å². The second kappa shape index (κ2) is 10.2. The fourth-order valence-electron chi connectivity index (χ4n) is 2.77. The third-order valence-electron chi connectivity index (χ3n) is 4.36. The normalized spacial score (nSPS) is 10.6. The number of hydrogen-bond donors (Lipinski definition) is 3. The predicted octanol–water partition coefficient (Wildman–Crippen LogP) is 3.98. The van der Waals surface area contributed by atoms with Crippen LogP contribution in [0.1, 0.15) is 26.3 Å². The first-order valence-corrected chi connectivity index (χ1v) is 9.72. The molecule has 11 heteroatoms. The van der Waals surface area contributed by atoms with Gasteiger partial charge in [0, 0.05) is 33.5 Å². The summed E-state index contributed by atoms with van der Waals surface area (Å²) < 4.78 is 4.91. The Kier molecular flexibility index (Phi) is 7.21. The minimum Gasteiger partial charge on any atom is -0.504 e. The zero-order valence-corrected chi connectivity index (χ0v) is 17.9. The van der Waals surface area contributed by atoms with Crippen LogP contribution in [0.25, 0.3) is 0 Å². The summed E-state index contributed by atoms with van der Waals surface area (Å²) in [6.07, 6.45) is 1.05. The van der Waals surface area contributed by atoms with Gasteiger partial charge in [0.1, 0.15) is 0 Å². The lowest BCUT2D eigenvalue weighted by molar-refractivity contribution is -0.385. The predicted molar refractivity (Wildman–Crippen MR) is 122 cm³/mol. The number of nitrogens with one attached hydrogen (secondary N) is 2. The number of phenols is 1. The molecule has 3 rings (SSSR count). The van der Waals surface area contributed by atoms with Crippen LogP contribution in [0, 0.1) is 10.1 Å². The number of hydrogen-bond acceptors (Lipinski definition) is 7. The third-order valence-corrected chi connectivity index (χ3v) is 4.59. The van der Waals surface area contributed by atoms with Crippen LogP contribution in [-0.2, 0) is 0 Å². The molecule has 0 aromatic heterocycles. The van der Waals surface area contributed by atoms with E-state index in [0.717, 1.165) is 18.3 Å². The zero-order valence-electron chi connectivity index (χ0n) is 17.1. The highest BCUT2D eigenvalue weighted by Gasteiger charge is 2.16. The summed E-state index contributed by atoms with van der Waals surface area (Å²) in [4.78, 5) is 35.2. The van der Waals surface area contributed by atoms with Crippen molar-refractivity contribution < 1.29 is 24.4 Å². The van der Waals surface area contributed by atoms with Crippen molar-refractivity contribution in [3.05, 3.63) is 92.5 Å². The number of aromatic hydroxyl groups is 1. The quantitative estimate of drug-likeness (QED) is 0.272. The van der Waals surface area contributed by atoms with Crippen molar-refractivity contribution in [2.75, 3.05) is 12.4 Å². The maximum Gasteiger partial charge on any atom is 0.274 e. The Balaban J connectivity index is 1.71. The SMILES string of the molecule is COc1cc([N+](=O)[O-])cc(C=NNC(=O)c2cccc(NC(=O)c3cccc(Cl)c3)c2)c1O. The van der Waals surface area contributed by atoms with E-state index in [1.807, 2.05) is 0 Å². The molecular weight excluding hydrogens is 452 g/mol. The summed E-state index contributed by atoms with van der Waals surface area (Å²) in [6.45, 7) is 0. The molecule has 2 amide bonds. The van der Waals surface area contributed by atoms with Gasteiger partial charge in [0.25, 0.3) is 17.5 Å². The zero-order chi connectivity index (χ0) is 24.0. The lowest BCUT2D eigenvalue weighted by Crippen LogP contribution is -2.18. The molecule has 0 radical (unpaired) electrons. The van der Waals surface area contributed by atoms with Gasteiger partial charge < -0.3 is 15.2 Å². The van der Waals surface area contributed by atoms with Crippen LogP contribution in [0.15, 0.2) is 65.8 Å². The molecule has 0 fully saturated rings. The molecule has 0 spiro atoms. The number of nitrogens with zero attached hydrogens (tertiary/aromatic N) is 2. The van der Waals surface area contributed by atoms with Crippen molar-refractivity contribution in [2.45, 2.75) is 0 Å². The number of anilines is 1. The van der Waals surface area contributed by atoms with Gasteiger partial charge in [-0.2, -0.15) is 5.10 Å². The standard InChI is InChI=1S/C22H17ClN4O6/c1-33-19-11-18(27(31)32)10-15(20(19)28)12-24-26-22(30)14-5-3-7-17(9-14)25-21(29)13-4-2-6-16(23)8-13/h2-12,28H,1H3,(H,25,29)(H,26,30). The summed E-state index contributed by atoms with van der Waals surface area (Å²) in [6, 6.07) is 14.7. The number of benzene rings is 3. The van der Waals surface area contributed by atoms with Crippen molar-refractivity contribution in [3.8, 4) is 11.5 Å². The van der Waals surface area contributed by atoms with Gasteiger partial charge in [-0.05, 0) is 36.4 Å². The van der Waals surface area contributed by atoms with Gasteiger partial charge >= 0.3 is 0 Å². The van der Waals surface area contributed by atoms with Crippen LogP contribution >= 0.6 is 11.6 Å². The van der Waals surface area contributed by atoms with E-state index in [1.165, 1.54) is 25.3 Å².